The van der Waals surface area contributed by atoms with Crippen LogP contribution in [0.1, 0.15) is 66.2 Å². The number of carbonyl (C=O) groups excluding carboxylic acids is 1. The zero-order valence-corrected chi connectivity index (χ0v) is 18.9. The Balaban J connectivity index is 2.65. The van der Waals surface area contributed by atoms with E-state index in [1.165, 1.54) is 12.8 Å². The summed E-state index contributed by atoms with van der Waals surface area (Å²) < 4.78 is 11.6. The normalized spacial score (nSPS) is 18.4. The standard InChI is InChI=1S/C22H44N2O4/c1-6-8-9-11-20(7-2)21(26)24(13-10-12-23(5)14-15-25)16-19-17-27-22(3,4)28-18-19/h19-20,25H,6-18H2,1-5H3. The maximum Gasteiger partial charge on any atom is 0.225 e. The van der Waals surface area contributed by atoms with Gasteiger partial charge in [-0.1, -0.05) is 33.1 Å². The Hall–Kier alpha value is -0.690. The van der Waals surface area contributed by atoms with Crippen LogP contribution in [-0.4, -0.2) is 79.6 Å². The molecule has 0 saturated carbocycles. The van der Waals surface area contributed by atoms with E-state index in [2.05, 4.69) is 18.7 Å². The monoisotopic (exact) mass is 400 g/mol. The Morgan fingerprint density at radius 2 is 1.79 bits per heavy atom. The van der Waals surface area contributed by atoms with E-state index in [4.69, 9.17) is 14.6 Å². The SMILES string of the molecule is CCCCCC(CC)C(=O)N(CCCN(C)CCO)CC1COC(C)(C)OC1. The van der Waals surface area contributed by atoms with E-state index in [-0.39, 0.29) is 24.3 Å². The summed E-state index contributed by atoms with van der Waals surface area (Å²) in [7, 11) is 2.01. The van der Waals surface area contributed by atoms with E-state index < -0.39 is 5.79 Å². The molecule has 1 aliphatic heterocycles. The van der Waals surface area contributed by atoms with Gasteiger partial charge in [0.2, 0.25) is 5.91 Å². The minimum absolute atomic E-state index is 0.114. The average Bonchev–Trinajstić information content (AvgIpc) is 2.65. The molecule has 0 bridgehead atoms. The van der Waals surface area contributed by atoms with Crippen molar-refractivity contribution in [3.05, 3.63) is 0 Å². The lowest BCUT2D eigenvalue weighted by Gasteiger charge is -2.38. The topological polar surface area (TPSA) is 62.2 Å². The van der Waals surface area contributed by atoms with Crippen LogP contribution in [0.5, 0.6) is 0 Å². The zero-order valence-electron chi connectivity index (χ0n) is 18.9. The molecule has 0 radical (unpaired) electrons. The quantitative estimate of drug-likeness (QED) is 0.454. The summed E-state index contributed by atoms with van der Waals surface area (Å²) in [5.41, 5.74) is 0. The predicted octanol–water partition coefficient (Wildman–Crippen LogP) is 3.13. The van der Waals surface area contributed by atoms with Crippen LogP contribution < -0.4 is 0 Å². The van der Waals surface area contributed by atoms with Gasteiger partial charge in [-0.2, -0.15) is 0 Å². The highest BCUT2D eigenvalue weighted by Gasteiger charge is 2.31. The van der Waals surface area contributed by atoms with Crippen LogP contribution >= 0.6 is 0 Å². The van der Waals surface area contributed by atoms with Crippen LogP contribution in [0.15, 0.2) is 0 Å². The molecule has 0 aromatic carbocycles. The molecule has 6 nitrogen and oxygen atoms in total. The molecule has 6 heteroatoms. The number of hydrogen-bond donors (Lipinski definition) is 1. The van der Waals surface area contributed by atoms with Crippen LogP contribution in [0, 0.1) is 11.8 Å². The van der Waals surface area contributed by atoms with Crippen LogP contribution in [0.4, 0.5) is 0 Å². The molecule has 1 unspecified atom stereocenters. The molecule has 0 aromatic rings. The van der Waals surface area contributed by atoms with Gasteiger partial charge in [-0.05, 0) is 46.7 Å². The third kappa shape index (κ3) is 9.68. The van der Waals surface area contributed by atoms with Gasteiger partial charge in [0.25, 0.3) is 0 Å². The molecule has 1 saturated heterocycles. The molecule has 1 atom stereocenters. The smallest absolute Gasteiger partial charge is 0.225 e. The van der Waals surface area contributed by atoms with Crippen molar-refractivity contribution in [1.29, 1.82) is 0 Å². The lowest BCUT2D eigenvalue weighted by molar-refractivity contribution is -0.263. The predicted molar refractivity (Wildman–Crippen MR) is 113 cm³/mol. The molecule has 0 spiro atoms. The summed E-state index contributed by atoms with van der Waals surface area (Å²) in [6.45, 7) is 12.6. The summed E-state index contributed by atoms with van der Waals surface area (Å²) >= 11 is 0. The van der Waals surface area contributed by atoms with Gasteiger partial charge in [-0.3, -0.25) is 4.79 Å². The van der Waals surface area contributed by atoms with E-state index in [1.54, 1.807) is 0 Å². The second-order valence-electron chi connectivity index (χ2n) is 8.65. The molecule has 1 fully saturated rings. The molecular weight excluding hydrogens is 356 g/mol. The van der Waals surface area contributed by atoms with Crippen LogP contribution in [-0.2, 0) is 14.3 Å². The van der Waals surface area contributed by atoms with Gasteiger partial charge in [0.15, 0.2) is 5.79 Å². The minimum Gasteiger partial charge on any atom is -0.395 e. The fraction of sp³-hybridized carbons (Fsp3) is 0.955. The Kier molecular flexibility index (Phi) is 12.2. The zero-order chi connectivity index (χ0) is 21.0. The van der Waals surface area contributed by atoms with Gasteiger partial charge in [0.05, 0.1) is 19.8 Å². The van der Waals surface area contributed by atoms with Gasteiger partial charge in [0, 0.05) is 31.5 Å². The fourth-order valence-corrected chi connectivity index (χ4v) is 3.65. The first kappa shape index (κ1) is 25.3. The van der Waals surface area contributed by atoms with Crippen LogP contribution in [0.2, 0.25) is 0 Å². The van der Waals surface area contributed by atoms with Crippen molar-refractivity contribution in [2.24, 2.45) is 11.8 Å². The van der Waals surface area contributed by atoms with Crippen LogP contribution in [0.25, 0.3) is 0 Å². The Bertz CT molecular complexity index is 421. The second kappa shape index (κ2) is 13.5. The number of unbranched alkanes of at least 4 members (excludes halogenated alkanes) is 2. The third-order valence-corrected chi connectivity index (χ3v) is 5.57. The summed E-state index contributed by atoms with van der Waals surface area (Å²) in [6.07, 6.45) is 6.28. The number of amides is 1. The van der Waals surface area contributed by atoms with E-state index in [1.807, 2.05) is 25.8 Å². The first-order valence-electron chi connectivity index (χ1n) is 11.2. The minimum atomic E-state index is -0.523. The summed E-state index contributed by atoms with van der Waals surface area (Å²) in [6, 6.07) is 0. The highest BCUT2D eigenvalue weighted by atomic mass is 16.7. The van der Waals surface area contributed by atoms with Crippen LogP contribution in [0.3, 0.4) is 0 Å². The lowest BCUT2D eigenvalue weighted by atomic mass is 9.96. The molecule has 166 valence electrons. The first-order chi connectivity index (χ1) is 13.3. The summed E-state index contributed by atoms with van der Waals surface area (Å²) in [5, 5.41) is 9.07. The molecule has 1 rings (SSSR count). The third-order valence-electron chi connectivity index (χ3n) is 5.57. The van der Waals surface area contributed by atoms with Gasteiger partial charge in [-0.25, -0.2) is 0 Å². The van der Waals surface area contributed by atoms with Crippen molar-refractivity contribution in [3.63, 3.8) is 0 Å². The van der Waals surface area contributed by atoms with Gasteiger partial charge in [0.1, 0.15) is 0 Å². The Morgan fingerprint density at radius 3 is 2.36 bits per heavy atom. The van der Waals surface area contributed by atoms with E-state index in [0.29, 0.717) is 26.3 Å². The van der Waals surface area contributed by atoms with Crippen molar-refractivity contribution in [2.45, 2.75) is 72.0 Å². The Morgan fingerprint density at radius 1 is 1.11 bits per heavy atom. The number of rotatable bonds is 14. The van der Waals surface area contributed by atoms with Crippen molar-refractivity contribution in [3.8, 4) is 0 Å². The molecule has 1 N–H and O–H groups in total. The molecule has 1 heterocycles. The largest absolute Gasteiger partial charge is 0.395 e. The van der Waals surface area contributed by atoms with Crippen molar-refractivity contribution in [2.75, 3.05) is 53.0 Å². The first-order valence-corrected chi connectivity index (χ1v) is 11.2. The lowest BCUT2D eigenvalue weighted by Crippen LogP contribution is -2.47. The maximum atomic E-state index is 13.3. The number of likely N-dealkylation sites (N-methyl/N-ethyl adjacent to an activating group) is 1. The highest BCUT2D eigenvalue weighted by molar-refractivity contribution is 5.78. The number of ether oxygens (including phenoxy) is 2. The molecule has 0 aromatic heterocycles. The van der Waals surface area contributed by atoms with Gasteiger partial charge < -0.3 is 24.4 Å². The second-order valence-corrected chi connectivity index (χ2v) is 8.65. The van der Waals surface area contributed by atoms with E-state index >= 15 is 0 Å². The number of nitrogens with zero attached hydrogens (tertiary/aromatic N) is 2. The molecular formula is C22H44N2O4. The number of hydrogen-bond acceptors (Lipinski definition) is 5. The molecule has 1 amide bonds. The number of carbonyl (C=O) groups is 1. The van der Waals surface area contributed by atoms with Crippen molar-refractivity contribution in [1.82, 2.24) is 9.80 Å². The fourth-order valence-electron chi connectivity index (χ4n) is 3.65. The maximum absolute atomic E-state index is 13.3. The molecule has 1 aliphatic rings. The molecule has 28 heavy (non-hydrogen) atoms. The average molecular weight is 401 g/mol. The van der Waals surface area contributed by atoms with Crippen molar-refractivity contribution < 1.29 is 19.4 Å². The Labute approximate surface area is 172 Å². The van der Waals surface area contributed by atoms with Gasteiger partial charge >= 0.3 is 0 Å². The summed E-state index contributed by atoms with van der Waals surface area (Å²) in [5.74, 6) is 0.0990. The van der Waals surface area contributed by atoms with Crippen molar-refractivity contribution >= 4 is 5.91 Å². The number of aliphatic hydroxyl groups excluding tert-OH is 1. The molecule has 0 aliphatic carbocycles. The highest BCUT2D eigenvalue weighted by Crippen LogP contribution is 2.23. The van der Waals surface area contributed by atoms with E-state index in [0.717, 1.165) is 38.8 Å². The van der Waals surface area contributed by atoms with E-state index in [9.17, 15) is 4.79 Å². The van der Waals surface area contributed by atoms with Gasteiger partial charge in [-0.15, -0.1) is 0 Å². The summed E-state index contributed by atoms with van der Waals surface area (Å²) in [4.78, 5) is 17.4. The number of aliphatic hydroxyl groups is 1.